The summed E-state index contributed by atoms with van der Waals surface area (Å²) in [5.74, 6) is 0.267. The molecule has 0 aliphatic heterocycles. The minimum absolute atomic E-state index is 0.133. The minimum atomic E-state index is -0.133. The topological polar surface area (TPSA) is 91.9 Å². The van der Waals surface area contributed by atoms with Gasteiger partial charge >= 0.3 is 0 Å². The Labute approximate surface area is 146 Å². The van der Waals surface area contributed by atoms with Crippen molar-refractivity contribution < 1.29 is 4.79 Å². The molecule has 1 aromatic carbocycles. The van der Waals surface area contributed by atoms with Gasteiger partial charge in [0.25, 0.3) is 0 Å². The van der Waals surface area contributed by atoms with Gasteiger partial charge in [-0.3, -0.25) is 9.78 Å². The maximum absolute atomic E-state index is 12.2. The SMILES string of the molecule is N=CC(=CN)c1ccncc1/C=C/C(=O)NC1CC1c1ccccc1. The fourth-order valence-corrected chi connectivity index (χ4v) is 2.84. The summed E-state index contributed by atoms with van der Waals surface area (Å²) < 4.78 is 0. The fraction of sp³-hybridized carbons (Fsp3) is 0.150. The number of aromatic nitrogens is 1. The van der Waals surface area contributed by atoms with Crippen LogP contribution in [-0.2, 0) is 4.79 Å². The van der Waals surface area contributed by atoms with E-state index < -0.39 is 0 Å². The van der Waals surface area contributed by atoms with Crippen LogP contribution in [0.1, 0.15) is 29.0 Å². The van der Waals surface area contributed by atoms with Crippen molar-refractivity contribution >= 4 is 23.8 Å². The summed E-state index contributed by atoms with van der Waals surface area (Å²) in [5.41, 5.74) is 8.90. The minimum Gasteiger partial charge on any atom is -0.404 e. The molecule has 2 aromatic rings. The van der Waals surface area contributed by atoms with Gasteiger partial charge in [0, 0.05) is 54.0 Å². The number of hydrogen-bond donors (Lipinski definition) is 3. The summed E-state index contributed by atoms with van der Waals surface area (Å²) in [6.07, 6.45) is 10.00. The second-order valence-corrected chi connectivity index (χ2v) is 5.93. The largest absolute Gasteiger partial charge is 0.404 e. The van der Waals surface area contributed by atoms with Crippen LogP contribution in [0, 0.1) is 5.41 Å². The van der Waals surface area contributed by atoms with Gasteiger partial charge in [0.05, 0.1) is 0 Å². The first-order valence-corrected chi connectivity index (χ1v) is 8.13. The molecule has 5 heteroatoms. The van der Waals surface area contributed by atoms with Crippen LogP contribution in [0.2, 0.25) is 0 Å². The third kappa shape index (κ3) is 4.01. The number of nitrogens with one attached hydrogen (secondary N) is 2. The molecule has 3 rings (SSSR count). The van der Waals surface area contributed by atoms with E-state index in [0.717, 1.165) is 17.5 Å². The monoisotopic (exact) mass is 332 g/mol. The zero-order chi connectivity index (χ0) is 17.6. The van der Waals surface area contributed by atoms with Crippen LogP contribution in [0.3, 0.4) is 0 Å². The first-order valence-electron chi connectivity index (χ1n) is 8.13. The first kappa shape index (κ1) is 16.6. The average Bonchev–Trinajstić information content (AvgIpc) is 3.42. The van der Waals surface area contributed by atoms with Crippen LogP contribution >= 0.6 is 0 Å². The Morgan fingerprint density at radius 1 is 1.28 bits per heavy atom. The van der Waals surface area contributed by atoms with Crippen LogP contribution in [0.15, 0.2) is 61.1 Å². The number of nitrogens with zero attached hydrogens (tertiary/aromatic N) is 1. The molecule has 0 saturated heterocycles. The zero-order valence-electron chi connectivity index (χ0n) is 13.7. The molecule has 1 saturated carbocycles. The third-order valence-electron chi connectivity index (χ3n) is 4.26. The summed E-state index contributed by atoms with van der Waals surface area (Å²) in [6, 6.07) is 12.2. The van der Waals surface area contributed by atoms with Crippen molar-refractivity contribution in [1.29, 1.82) is 5.41 Å². The van der Waals surface area contributed by atoms with E-state index in [1.54, 1.807) is 24.5 Å². The standard InChI is InChI=1S/C20H20N4O/c21-11-16(12-22)17-8-9-23-13-15(17)6-7-20(25)24-19-10-18(19)14-4-2-1-3-5-14/h1-9,11-13,18-19,21H,10,22H2,(H,24,25)/b7-6+,16-12?,21-11?. The number of pyridine rings is 1. The van der Waals surface area contributed by atoms with E-state index in [4.69, 9.17) is 11.1 Å². The van der Waals surface area contributed by atoms with Gasteiger partial charge in [-0.1, -0.05) is 30.3 Å². The van der Waals surface area contributed by atoms with Gasteiger partial charge in [0.1, 0.15) is 0 Å². The average molecular weight is 332 g/mol. The van der Waals surface area contributed by atoms with Crippen LogP contribution in [0.25, 0.3) is 11.6 Å². The zero-order valence-corrected chi connectivity index (χ0v) is 13.7. The van der Waals surface area contributed by atoms with Crippen molar-refractivity contribution in [3.63, 3.8) is 0 Å². The van der Waals surface area contributed by atoms with E-state index >= 15 is 0 Å². The molecule has 1 fully saturated rings. The fourth-order valence-electron chi connectivity index (χ4n) is 2.84. The maximum Gasteiger partial charge on any atom is 0.244 e. The van der Waals surface area contributed by atoms with Crippen molar-refractivity contribution in [3.8, 4) is 0 Å². The Hall–Kier alpha value is -3.21. The first-order chi connectivity index (χ1) is 12.2. The molecule has 5 nitrogen and oxygen atoms in total. The Bertz CT molecular complexity index is 827. The predicted octanol–water partition coefficient (Wildman–Crippen LogP) is 2.72. The lowest BCUT2D eigenvalue weighted by molar-refractivity contribution is -0.116. The van der Waals surface area contributed by atoms with E-state index in [1.807, 2.05) is 18.2 Å². The van der Waals surface area contributed by atoms with Crippen LogP contribution in [-0.4, -0.2) is 23.1 Å². The Kier molecular flexibility index (Phi) is 5.04. The molecule has 2 unspecified atom stereocenters. The number of nitrogens with two attached hydrogens (primary N) is 1. The highest BCUT2D eigenvalue weighted by molar-refractivity contribution is 6.09. The molecule has 1 amide bonds. The van der Waals surface area contributed by atoms with Crippen molar-refractivity contribution in [2.24, 2.45) is 5.73 Å². The molecule has 2 atom stereocenters. The molecular weight excluding hydrogens is 312 g/mol. The smallest absolute Gasteiger partial charge is 0.244 e. The second kappa shape index (κ2) is 7.57. The summed E-state index contributed by atoms with van der Waals surface area (Å²) in [4.78, 5) is 16.2. The van der Waals surface area contributed by atoms with Crippen molar-refractivity contribution in [3.05, 3.63) is 77.8 Å². The number of allylic oxidation sites excluding steroid dienone is 1. The van der Waals surface area contributed by atoms with Crippen molar-refractivity contribution in [2.75, 3.05) is 0 Å². The molecule has 1 aliphatic carbocycles. The Morgan fingerprint density at radius 3 is 2.80 bits per heavy atom. The molecule has 4 N–H and O–H groups in total. The quantitative estimate of drug-likeness (QED) is 0.561. The van der Waals surface area contributed by atoms with Gasteiger partial charge in [0.15, 0.2) is 0 Å². The van der Waals surface area contributed by atoms with E-state index in [9.17, 15) is 4.79 Å². The number of rotatable bonds is 6. The van der Waals surface area contributed by atoms with Crippen molar-refractivity contribution in [2.45, 2.75) is 18.4 Å². The number of carbonyl (C=O) groups excluding carboxylic acids is 1. The van der Waals surface area contributed by atoms with E-state index in [0.29, 0.717) is 11.5 Å². The van der Waals surface area contributed by atoms with Gasteiger partial charge < -0.3 is 16.5 Å². The molecule has 25 heavy (non-hydrogen) atoms. The van der Waals surface area contributed by atoms with Gasteiger partial charge in [0.2, 0.25) is 5.91 Å². The third-order valence-corrected chi connectivity index (χ3v) is 4.26. The van der Waals surface area contributed by atoms with Gasteiger partial charge in [-0.05, 0) is 29.7 Å². The molecule has 0 radical (unpaired) electrons. The lowest BCUT2D eigenvalue weighted by Crippen LogP contribution is -2.24. The number of benzene rings is 1. The highest BCUT2D eigenvalue weighted by Gasteiger charge is 2.38. The van der Waals surface area contributed by atoms with Gasteiger partial charge in [-0.2, -0.15) is 0 Å². The summed E-state index contributed by atoms with van der Waals surface area (Å²) in [7, 11) is 0. The van der Waals surface area contributed by atoms with Gasteiger partial charge in [-0.15, -0.1) is 0 Å². The molecular formula is C20H20N4O. The summed E-state index contributed by atoms with van der Waals surface area (Å²) in [5, 5.41) is 10.4. The predicted molar refractivity (Wildman–Crippen MR) is 99.9 cm³/mol. The number of amides is 1. The van der Waals surface area contributed by atoms with Crippen LogP contribution in [0.5, 0.6) is 0 Å². The highest BCUT2D eigenvalue weighted by atomic mass is 16.1. The highest BCUT2D eigenvalue weighted by Crippen LogP contribution is 2.40. The number of carbonyl (C=O) groups is 1. The molecule has 0 spiro atoms. The number of hydrogen-bond acceptors (Lipinski definition) is 4. The molecule has 1 aliphatic rings. The summed E-state index contributed by atoms with van der Waals surface area (Å²) >= 11 is 0. The lowest BCUT2D eigenvalue weighted by Gasteiger charge is -2.05. The second-order valence-electron chi connectivity index (χ2n) is 5.93. The van der Waals surface area contributed by atoms with Gasteiger partial charge in [-0.25, -0.2) is 0 Å². The molecule has 0 bridgehead atoms. The van der Waals surface area contributed by atoms with Crippen LogP contribution < -0.4 is 11.1 Å². The van der Waals surface area contributed by atoms with E-state index in [2.05, 4.69) is 22.4 Å². The van der Waals surface area contributed by atoms with E-state index in [-0.39, 0.29) is 11.9 Å². The van der Waals surface area contributed by atoms with Crippen molar-refractivity contribution in [1.82, 2.24) is 10.3 Å². The van der Waals surface area contributed by atoms with Crippen LogP contribution in [0.4, 0.5) is 0 Å². The summed E-state index contributed by atoms with van der Waals surface area (Å²) in [6.45, 7) is 0. The molecule has 1 aromatic heterocycles. The Morgan fingerprint density at radius 2 is 2.08 bits per heavy atom. The Balaban J connectivity index is 1.64. The molecule has 1 heterocycles. The maximum atomic E-state index is 12.2. The van der Waals surface area contributed by atoms with E-state index in [1.165, 1.54) is 24.1 Å². The normalized spacial score (nSPS) is 19.6. The lowest BCUT2D eigenvalue weighted by atomic mass is 10.0. The molecule has 126 valence electrons.